The fraction of sp³-hybridized carbons (Fsp3) is 0.0833. The first-order chi connectivity index (χ1) is 9.00. The van der Waals surface area contributed by atoms with Crippen LogP contribution in [0.2, 0.25) is 0 Å². The van der Waals surface area contributed by atoms with Crippen LogP contribution >= 0.6 is 0 Å². The lowest BCUT2D eigenvalue weighted by atomic mass is 10.3. The molecule has 100 valence electrons. The van der Waals surface area contributed by atoms with E-state index in [0.717, 1.165) is 12.1 Å². The molecule has 19 heavy (non-hydrogen) atoms. The van der Waals surface area contributed by atoms with Crippen LogP contribution in [0.5, 0.6) is 11.5 Å². The highest BCUT2D eigenvalue weighted by atomic mass is 32.2. The summed E-state index contributed by atoms with van der Waals surface area (Å²) in [6.07, 6.45) is 3.05. The van der Waals surface area contributed by atoms with E-state index in [4.69, 9.17) is 4.74 Å². The standard InChI is InChI=1S/C12H9F2NO3S/c13-12(14)19(16,17)11-5-3-9(4-6-11)18-10-2-1-7-15-8-10/h1-8,12H. The molecule has 0 N–H and O–H groups in total. The number of rotatable bonds is 4. The summed E-state index contributed by atoms with van der Waals surface area (Å²) < 4.78 is 52.4. The molecule has 0 spiro atoms. The second-order valence-corrected chi connectivity index (χ2v) is 5.49. The van der Waals surface area contributed by atoms with Gasteiger partial charge in [-0.25, -0.2) is 8.42 Å². The Morgan fingerprint density at radius 2 is 1.74 bits per heavy atom. The van der Waals surface area contributed by atoms with Gasteiger partial charge in [-0.15, -0.1) is 0 Å². The Morgan fingerprint density at radius 1 is 1.05 bits per heavy atom. The largest absolute Gasteiger partial charge is 0.456 e. The SMILES string of the molecule is O=S(=O)(c1ccc(Oc2cccnc2)cc1)C(F)F. The number of aromatic nitrogens is 1. The lowest BCUT2D eigenvalue weighted by Crippen LogP contribution is -2.11. The average molecular weight is 285 g/mol. The molecule has 1 aromatic heterocycles. The lowest BCUT2D eigenvalue weighted by Gasteiger charge is -2.06. The normalized spacial score (nSPS) is 11.5. The second kappa shape index (κ2) is 5.31. The molecule has 0 amide bonds. The summed E-state index contributed by atoms with van der Waals surface area (Å²) in [5, 5.41) is 0. The molecule has 0 aliphatic rings. The Labute approximate surface area is 108 Å². The van der Waals surface area contributed by atoms with E-state index >= 15 is 0 Å². The van der Waals surface area contributed by atoms with E-state index in [-0.39, 0.29) is 0 Å². The number of ether oxygens (including phenoxy) is 1. The maximum Gasteiger partial charge on any atom is 0.341 e. The van der Waals surface area contributed by atoms with E-state index in [1.807, 2.05) is 0 Å². The predicted octanol–water partition coefficient (Wildman–Crippen LogP) is 2.87. The maximum atomic E-state index is 12.3. The molecule has 0 aliphatic heterocycles. The van der Waals surface area contributed by atoms with Gasteiger partial charge in [0, 0.05) is 6.20 Å². The van der Waals surface area contributed by atoms with E-state index in [9.17, 15) is 17.2 Å². The number of sulfone groups is 1. The zero-order chi connectivity index (χ0) is 13.9. The molecule has 0 radical (unpaired) electrons. The summed E-state index contributed by atoms with van der Waals surface area (Å²) in [6, 6.07) is 8.10. The smallest absolute Gasteiger partial charge is 0.341 e. The van der Waals surface area contributed by atoms with Crippen molar-refractivity contribution < 1.29 is 21.9 Å². The minimum absolute atomic E-state index is 0.334. The fourth-order valence-electron chi connectivity index (χ4n) is 1.34. The van der Waals surface area contributed by atoms with Crippen LogP contribution in [0, 0.1) is 0 Å². The van der Waals surface area contributed by atoms with Gasteiger partial charge in [-0.1, -0.05) is 0 Å². The van der Waals surface area contributed by atoms with Crippen molar-refractivity contribution in [3.63, 3.8) is 0 Å². The highest BCUT2D eigenvalue weighted by Crippen LogP contribution is 2.24. The zero-order valence-electron chi connectivity index (χ0n) is 9.53. The number of hydrogen-bond acceptors (Lipinski definition) is 4. The minimum Gasteiger partial charge on any atom is -0.456 e. The number of nitrogens with zero attached hydrogens (tertiary/aromatic N) is 1. The van der Waals surface area contributed by atoms with Gasteiger partial charge in [0.1, 0.15) is 11.5 Å². The van der Waals surface area contributed by atoms with Gasteiger partial charge in [0.2, 0.25) is 9.84 Å². The molecule has 1 heterocycles. The van der Waals surface area contributed by atoms with Crippen LogP contribution in [0.3, 0.4) is 0 Å². The van der Waals surface area contributed by atoms with E-state index in [0.29, 0.717) is 11.5 Å². The molecule has 0 unspecified atom stereocenters. The van der Waals surface area contributed by atoms with Crippen molar-refractivity contribution in [1.82, 2.24) is 4.98 Å². The number of benzene rings is 1. The van der Waals surface area contributed by atoms with Crippen LogP contribution in [0.25, 0.3) is 0 Å². The van der Waals surface area contributed by atoms with Gasteiger partial charge in [0.25, 0.3) is 0 Å². The quantitative estimate of drug-likeness (QED) is 0.866. The summed E-state index contributed by atoms with van der Waals surface area (Å²) in [5.74, 6) is -2.63. The van der Waals surface area contributed by atoms with Crippen LogP contribution in [0.1, 0.15) is 0 Å². The number of hydrogen-bond donors (Lipinski definition) is 0. The molecule has 0 aliphatic carbocycles. The zero-order valence-corrected chi connectivity index (χ0v) is 10.3. The lowest BCUT2D eigenvalue weighted by molar-refractivity contribution is 0.234. The Bertz CT molecular complexity index is 642. The van der Waals surface area contributed by atoms with Crippen LogP contribution in [-0.2, 0) is 9.84 Å². The predicted molar refractivity (Wildman–Crippen MR) is 63.9 cm³/mol. The van der Waals surface area contributed by atoms with Crippen molar-refractivity contribution in [3.05, 3.63) is 48.8 Å². The van der Waals surface area contributed by atoms with E-state index in [1.165, 1.54) is 18.3 Å². The molecule has 0 bridgehead atoms. The summed E-state index contributed by atoms with van der Waals surface area (Å²) in [7, 11) is -4.57. The van der Waals surface area contributed by atoms with Crippen molar-refractivity contribution in [2.24, 2.45) is 0 Å². The number of alkyl halides is 2. The number of halogens is 2. The molecule has 7 heteroatoms. The molecule has 2 aromatic rings. The molecule has 0 saturated carbocycles. The van der Waals surface area contributed by atoms with E-state index < -0.39 is 20.5 Å². The monoisotopic (exact) mass is 285 g/mol. The van der Waals surface area contributed by atoms with Gasteiger partial charge in [0.15, 0.2) is 0 Å². The van der Waals surface area contributed by atoms with Crippen molar-refractivity contribution in [1.29, 1.82) is 0 Å². The van der Waals surface area contributed by atoms with Crippen molar-refractivity contribution in [2.45, 2.75) is 10.7 Å². The Morgan fingerprint density at radius 3 is 2.26 bits per heavy atom. The topological polar surface area (TPSA) is 56.3 Å². The third-order valence-corrected chi connectivity index (χ3v) is 3.66. The highest BCUT2D eigenvalue weighted by molar-refractivity contribution is 7.91. The summed E-state index contributed by atoms with van der Waals surface area (Å²) >= 11 is 0. The molecule has 0 saturated heterocycles. The maximum absolute atomic E-state index is 12.3. The third kappa shape index (κ3) is 3.05. The highest BCUT2D eigenvalue weighted by Gasteiger charge is 2.26. The van der Waals surface area contributed by atoms with Crippen LogP contribution in [0.15, 0.2) is 53.7 Å². The molecule has 1 aromatic carbocycles. The van der Waals surface area contributed by atoms with E-state index in [2.05, 4.69) is 4.98 Å². The number of pyridine rings is 1. The van der Waals surface area contributed by atoms with Crippen LogP contribution in [0.4, 0.5) is 8.78 Å². The molecular weight excluding hydrogens is 276 g/mol. The van der Waals surface area contributed by atoms with Crippen LogP contribution in [-0.4, -0.2) is 19.2 Å². The Kier molecular flexibility index (Phi) is 3.75. The molecule has 4 nitrogen and oxygen atoms in total. The van der Waals surface area contributed by atoms with Crippen molar-refractivity contribution in [3.8, 4) is 11.5 Å². The average Bonchev–Trinajstić information content (AvgIpc) is 2.40. The van der Waals surface area contributed by atoms with E-state index in [1.54, 1.807) is 18.3 Å². The first-order valence-corrected chi connectivity index (χ1v) is 6.75. The van der Waals surface area contributed by atoms with Gasteiger partial charge >= 0.3 is 5.76 Å². The van der Waals surface area contributed by atoms with Gasteiger partial charge in [0.05, 0.1) is 11.1 Å². The van der Waals surface area contributed by atoms with Crippen molar-refractivity contribution in [2.75, 3.05) is 0 Å². The Hall–Kier alpha value is -2.02. The van der Waals surface area contributed by atoms with Gasteiger partial charge in [-0.3, -0.25) is 4.98 Å². The first-order valence-electron chi connectivity index (χ1n) is 5.20. The second-order valence-electron chi connectivity index (χ2n) is 3.57. The molecule has 0 atom stereocenters. The molecular formula is C12H9F2NO3S. The van der Waals surface area contributed by atoms with Gasteiger partial charge in [-0.2, -0.15) is 8.78 Å². The van der Waals surface area contributed by atoms with Gasteiger partial charge in [-0.05, 0) is 36.4 Å². The summed E-state index contributed by atoms with van der Waals surface area (Å²) in [6.45, 7) is 0. The van der Waals surface area contributed by atoms with Gasteiger partial charge < -0.3 is 4.74 Å². The third-order valence-electron chi connectivity index (χ3n) is 2.26. The summed E-state index contributed by atoms with van der Waals surface area (Å²) in [4.78, 5) is 3.40. The molecule has 0 fully saturated rings. The molecule has 2 rings (SSSR count). The van der Waals surface area contributed by atoms with Crippen LogP contribution < -0.4 is 4.74 Å². The fourth-order valence-corrected chi connectivity index (χ4v) is 2.06. The first kappa shape index (κ1) is 13.4. The summed E-state index contributed by atoms with van der Waals surface area (Å²) in [5.41, 5.74) is 0. The Balaban J connectivity index is 2.20. The van der Waals surface area contributed by atoms with Crippen molar-refractivity contribution >= 4 is 9.84 Å². The minimum atomic E-state index is -4.57.